The van der Waals surface area contributed by atoms with Crippen LogP contribution in [0, 0.1) is 11.3 Å². The first kappa shape index (κ1) is 18.4. The molecule has 27 heavy (non-hydrogen) atoms. The molecule has 0 radical (unpaired) electrons. The summed E-state index contributed by atoms with van der Waals surface area (Å²) in [5, 5.41) is 0. The van der Waals surface area contributed by atoms with Gasteiger partial charge < -0.3 is 9.64 Å². The number of piperidine rings is 1. The third kappa shape index (κ3) is 3.98. The predicted molar refractivity (Wildman–Crippen MR) is 112 cm³/mol. The van der Waals surface area contributed by atoms with E-state index in [2.05, 4.69) is 78.2 Å². The third-order valence-electron chi connectivity index (χ3n) is 6.22. The second-order valence-electron chi connectivity index (χ2n) is 8.83. The number of benzene rings is 2. The average molecular weight is 365 g/mol. The molecule has 144 valence electrons. The van der Waals surface area contributed by atoms with Crippen LogP contribution in [-0.2, 0) is 6.54 Å². The number of rotatable bonds is 5. The zero-order valence-corrected chi connectivity index (χ0v) is 16.9. The van der Waals surface area contributed by atoms with E-state index in [1.54, 1.807) is 0 Å². The Bertz CT molecular complexity index is 741. The molecule has 0 N–H and O–H groups in total. The zero-order valence-electron chi connectivity index (χ0n) is 16.9. The molecule has 0 saturated carbocycles. The van der Waals surface area contributed by atoms with Crippen LogP contribution in [0.1, 0.15) is 32.8 Å². The van der Waals surface area contributed by atoms with Gasteiger partial charge in [-0.1, -0.05) is 44.2 Å². The van der Waals surface area contributed by atoms with Gasteiger partial charge in [-0.25, -0.2) is 0 Å². The van der Waals surface area contributed by atoms with Crippen LogP contribution < -0.4 is 9.64 Å². The Morgan fingerprint density at radius 1 is 0.963 bits per heavy atom. The van der Waals surface area contributed by atoms with E-state index >= 15 is 0 Å². The molecule has 0 amide bonds. The minimum absolute atomic E-state index is 0.326. The largest absolute Gasteiger partial charge is 0.494 e. The molecule has 0 spiro atoms. The van der Waals surface area contributed by atoms with Gasteiger partial charge >= 0.3 is 0 Å². The van der Waals surface area contributed by atoms with Crippen molar-refractivity contribution in [3.63, 3.8) is 0 Å². The van der Waals surface area contributed by atoms with Crippen molar-refractivity contribution in [2.75, 3.05) is 31.1 Å². The maximum absolute atomic E-state index is 5.63. The van der Waals surface area contributed by atoms with Crippen LogP contribution in [0.5, 0.6) is 5.75 Å². The lowest BCUT2D eigenvalue weighted by Gasteiger charge is -2.48. The van der Waals surface area contributed by atoms with Crippen LogP contribution in [0.4, 0.5) is 5.69 Å². The first-order valence-corrected chi connectivity index (χ1v) is 10.3. The molecule has 5 rings (SSSR count). The molecule has 3 heteroatoms. The molecule has 2 aromatic carbocycles. The Morgan fingerprint density at radius 2 is 1.70 bits per heavy atom. The van der Waals surface area contributed by atoms with Gasteiger partial charge in [0.25, 0.3) is 0 Å². The van der Waals surface area contributed by atoms with Gasteiger partial charge in [0.05, 0.1) is 6.61 Å². The summed E-state index contributed by atoms with van der Waals surface area (Å²) < 4.78 is 5.63. The highest BCUT2D eigenvalue weighted by molar-refractivity contribution is 5.51. The van der Waals surface area contributed by atoms with Gasteiger partial charge in [-0.05, 0) is 54.5 Å². The summed E-state index contributed by atoms with van der Waals surface area (Å²) in [5.41, 5.74) is 3.08. The quantitative estimate of drug-likeness (QED) is 0.756. The number of ether oxygens (including phenoxy) is 1. The number of nitrogens with zero attached hydrogens (tertiary/aromatic N) is 2. The Labute approximate surface area is 163 Å². The van der Waals surface area contributed by atoms with Crippen molar-refractivity contribution in [2.45, 2.75) is 39.8 Å². The normalized spacial score (nSPS) is 24.6. The fourth-order valence-corrected chi connectivity index (χ4v) is 5.08. The van der Waals surface area contributed by atoms with E-state index in [4.69, 9.17) is 4.74 Å². The summed E-state index contributed by atoms with van der Waals surface area (Å²) in [7, 11) is 0. The summed E-state index contributed by atoms with van der Waals surface area (Å²) in [5.74, 6) is 1.68. The molecule has 3 saturated heterocycles. The Hall–Kier alpha value is -2.00. The van der Waals surface area contributed by atoms with E-state index in [-0.39, 0.29) is 0 Å². The molecule has 0 aliphatic carbocycles. The standard InChI is InChI=1S/C24H32N2O/c1-4-27-22-12-10-21(11-13-22)26-17-20-14-24(2,3)23(26)18-25(16-20)15-19-8-6-5-7-9-19/h5-13,20,23H,4,14-18H2,1-3H3/t20-,23+/m0/s1. The highest BCUT2D eigenvalue weighted by Gasteiger charge is 2.45. The van der Waals surface area contributed by atoms with Crippen molar-refractivity contribution in [3.8, 4) is 5.75 Å². The highest BCUT2D eigenvalue weighted by atomic mass is 16.5. The fraction of sp³-hybridized carbons (Fsp3) is 0.500. The smallest absolute Gasteiger partial charge is 0.119 e. The van der Waals surface area contributed by atoms with Gasteiger partial charge in [-0.3, -0.25) is 4.90 Å². The zero-order chi connectivity index (χ0) is 18.9. The maximum atomic E-state index is 5.63. The van der Waals surface area contributed by atoms with Gasteiger partial charge in [0.1, 0.15) is 5.75 Å². The van der Waals surface area contributed by atoms with Crippen LogP contribution in [0.2, 0.25) is 0 Å². The van der Waals surface area contributed by atoms with Gasteiger partial charge in [0, 0.05) is 37.9 Å². The second-order valence-corrected chi connectivity index (χ2v) is 8.83. The minimum Gasteiger partial charge on any atom is -0.494 e. The molecule has 3 aliphatic heterocycles. The lowest BCUT2D eigenvalue weighted by Crippen LogP contribution is -2.53. The SMILES string of the molecule is CCOc1ccc(N2C[C@@H]3CN(Cc4ccccc4)C[C@@H]2C(C)(C)C3)cc1. The maximum Gasteiger partial charge on any atom is 0.119 e. The van der Waals surface area contributed by atoms with E-state index in [1.165, 1.54) is 24.2 Å². The Balaban J connectivity index is 1.56. The van der Waals surface area contributed by atoms with E-state index in [1.807, 2.05) is 6.92 Å². The molecule has 2 atom stereocenters. The monoisotopic (exact) mass is 364 g/mol. The first-order valence-electron chi connectivity index (χ1n) is 10.3. The van der Waals surface area contributed by atoms with E-state index < -0.39 is 0 Å². The predicted octanol–water partition coefficient (Wildman–Crippen LogP) is 4.82. The van der Waals surface area contributed by atoms with Crippen molar-refractivity contribution in [1.82, 2.24) is 4.90 Å². The summed E-state index contributed by atoms with van der Waals surface area (Å²) in [6.45, 7) is 12.2. The lowest BCUT2D eigenvalue weighted by molar-refractivity contribution is 0.190. The van der Waals surface area contributed by atoms with Crippen molar-refractivity contribution < 1.29 is 4.74 Å². The van der Waals surface area contributed by atoms with Crippen molar-refractivity contribution >= 4 is 5.69 Å². The molecule has 3 heterocycles. The van der Waals surface area contributed by atoms with Crippen LogP contribution in [0.25, 0.3) is 0 Å². The van der Waals surface area contributed by atoms with E-state index in [0.717, 1.165) is 32.0 Å². The lowest BCUT2D eigenvalue weighted by atomic mass is 9.73. The van der Waals surface area contributed by atoms with Crippen LogP contribution in [0.3, 0.4) is 0 Å². The Morgan fingerprint density at radius 3 is 2.41 bits per heavy atom. The van der Waals surface area contributed by atoms with Crippen LogP contribution in [-0.4, -0.2) is 37.2 Å². The molecule has 2 bridgehead atoms. The topological polar surface area (TPSA) is 15.7 Å². The number of hydrogen-bond donors (Lipinski definition) is 0. The second kappa shape index (κ2) is 7.55. The molecule has 0 aromatic heterocycles. The van der Waals surface area contributed by atoms with Crippen molar-refractivity contribution in [2.24, 2.45) is 11.3 Å². The van der Waals surface area contributed by atoms with Crippen molar-refractivity contribution in [1.29, 1.82) is 0 Å². The van der Waals surface area contributed by atoms with E-state index in [0.29, 0.717) is 17.4 Å². The fourth-order valence-electron chi connectivity index (χ4n) is 5.08. The molecular weight excluding hydrogens is 332 g/mol. The first-order chi connectivity index (χ1) is 13.0. The summed E-state index contributed by atoms with van der Waals surface area (Å²) in [6, 6.07) is 20.2. The van der Waals surface area contributed by atoms with Crippen LogP contribution >= 0.6 is 0 Å². The molecule has 2 aromatic rings. The number of anilines is 1. The van der Waals surface area contributed by atoms with Crippen LogP contribution in [0.15, 0.2) is 54.6 Å². The highest BCUT2D eigenvalue weighted by Crippen LogP contribution is 2.43. The van der Waals surface area contributed by atoms with Gasteiger partial charge in [-0.2, -0.15) is 0 Å². The molecule has 3 fully saturated rings. The van der Waals surface area contributed by atoms with E-state index in [9.17, 15) is 0 Å². The molecule has 0 unspecified atom stereocenters. The Kier molecular flexibility index (Phi) is 5.14. The summed E-state index contributed by atoms with van der Waals surface area (Å²) in [4.78, 5) is 5.34. The molecule has 3 nitrogen and oxygen atoms in total. The molecule has 3 aliphatic rings. The number of fused-ring (bicyclic) bond motifs is 4. The summed E-state index contributed by atoms with van der Waals surface area (Å²) >= 11 is 0. The molecular formula is C24H32N2O. The summed E-state index contributed by atoms with van der Waals surface area (Å²) in [6.07, 6.45) is 1.32. The minimum atomic E-state index is 0.326. The third-order valence-corrected chi connectivity index (χ3v) is 6.22. The van der Waals surface area contributed by atoms with Crippen molar-refractivity contribution in [3.05, 3.63) is 60.2 Å². The van der Waals surface area contributed by atoms with Gasteiger partial charge in [-0.15, -0.1) is 0 Å². The number of hydrogen-bond acceptors (Lipinski definition) is 3. The average Bonchev–Trinajstić information content (AvgIpc) is 2.89. The van der Waals surface area contributed by atoms with Gasteiger partial charge in [0.2, 0.25) is 0 Å². The van der Waals surface area contributed by atoms with Gasteiger partial charge in [0.15, 0.2) is 0 Å².